The molecule has 0 spiro atoms. The van der Waals surface area contributed by atoms with Gasteiger partial charge < -0.3 is 4.74 Å². The molecule has 0 fully saturated rings. The molecule has 0 aliphatic rings. The van der Waals surface area contributed by atoms with E-state index in [1.54, 1.807) is 18.2 Å². The van der Waals surface area contributed by atoms with E-state index in [4.69, 9.17) is 11.6 Å². The van der Waals surface area contributed by atoms with Crippen LogP contribution in [0.1, 0.15) is 5.56 Å². The van der Waals surface area contributed by atoms with E-state index in [0.717, 1.165) is 5.56 Å². The first-order valence-corrected chi connectivity index (χ1v) is 4.21. The van der Waals surface area contributed by atoms with Crippen LogP contribution in [0.4, 0.5) is 8.78 Å². The van der Waals surface area contributed by atoms with Crippen LogP contribution in [0.25, 0.3) is 0 Å². The van der Waals surface area contributed by atoms with Crippen molar-refractivity contribution in [3.05, 3.63) is 34.9 Å². The van der Waals surface area contributed by atoms with Gasteiger partial charge in [0.25, 0.3) is 0 Å². The van der Waals surface area contributed by atoms with Crippen LogP contribution in [0.3, 0.4) is 0 Å². The van der Waals surface area contributed by atoms with E-state index in [1.165, 1.54) is 0 Å². The zero-order valence-electron chi connectivity index (χ0n) is 6.84. The number of halogens is 3. The van der Waals surface area contributed by atoms with Crippen molar-refractivity contribution in [2.75, 3.05) is 6.61 Å². The van der Waals surface area contributed by atoms with E-state index >= 15 is 0 Å². The lowest BCUT2D eigenvalue weighted by molar-refractivity contribution is -0.127. The highest BCUT2D eigenvalue weighted by Gasteiger charge is 2.03. The van der Waals surface area contributed by atoms with Gasteiger partial charge in [0.2, 0.25) is 0 Å². The summed E-state index contributed by atoms with van der Waals surface area (Å²) < 4.78 is 27.3. The Morgan fingerprint density at radius 2 is 2.00 bits per heavy atom. The van der Waals surface area contributed by atoms with Gasteiger partial charge in [-0.1, -0.05) is 29.8 Å². The van der Waals surface area contributed by atoms with Crippen LogP contribution in [-0.2, 0) is 11.2 Å². The molecule has 72 valence electrons. The molecule has 0 unspecified atom stereocenters. The lowest BCUT2D eigenvalue weighted by Gasteiger charge is -2.04. The fourth-order valence-corrected chi connectivity index (χ4v) is 1.19. The Balaban J connectivity index is 2.41. The van der Waals surface area contributed by atoms with Gasteiger partial charge in [-0.15, -0.1) is 0 Å². The largest absolute Gasteiger partial charge is 0.345 e. The molecule has 4 heteroatoms. The van der Waals surface area contributed by atoms with Gasteiger partial charge >= 0.3 is 6.61 Å². The van der Waals surface area contributed by atoms with Crippen molar-refractivity contribution in [3.63, 3.8) is 0 Å². The second-order valence-corrected chi connectivity index (χ2v) is 2.88. The molecule has 1 rings (SSSR count). The van der Waals surface area contributed by atoms with Crippen molar-refractivity contribution in [3.8, 4) is 0 Å². The van der Waals surface area contributed by atoms with Crippen LogP contribution < -0.4 is 0 Å². The molecular weight excluding hydrogens is 198 g/mol. The molecule has 0 amide bonds. The summed E-state index contributed by atoms with van der Waals surface area (Å²) in [5.41, 5.74) is 0.824. The lowest BCUT2D eigenvalue weighted by atomic mass is 10.2. The summed E-state index contributed by atoms with van der Waals surface area (Å²) in [4.78, 5) is 0. The third-order valence-corrected chi connectivity index (χ3v) is 1.94. The van der Waals surface area contributed by atoms with E-state index < -0.39 is 6.61 Å². The molecule has 0 bridgehead atoms. The molecular formula is C9H9ClF2O. The van der Waals surface area contributed by atoms with Crippen LogP contribution >= 0.6 is 11.6 Å². The van der Waals surface area contributed by atoms with Crippen molar-refractivity contribution in [2.45, 2.75) is 13.0 Å². The molecule has 0 N–H and O–H groups in total. The molecule has 0 saturated heterocycles. The Hall–Kier alpha value is -0.670. The fourth-order valence-electron chi connectivity index (χ4n) is 0.959. The highest BCUT2D eigenvalue weighted by molar-refractivity contribution is 6.31. The van der Waals surface area contributed by atoms with Gasteiger partial charge in [0.15, 0.2) is 0 Å². The number of rotatable bonds is 4. The van der Waals surface area contributed by atoms with Crippen LogP contribution in [0.15, 0.2) is 24.3 Å². The summed E-state index contributed by atoms with van der Waals surface area (Å²) in [7, 11) is 0. The van der Waals surface area contributed by atoms with Crippen molar-refractivity contribution in [1.82, 2.24) is 0 Å². The van der Waals surface area contributed by atoms with Gasteiger partial charge in [0.05, 0.1) is 6.61 Å². The maximum absolute atomic E-state index is 11.6. The van der Waals surface area contributed by atoms with Crippen LogP contribution in [0.2, 0.25) is 5.02 Å². The molecule has 1 aromatic rings. The Morgan fingerprint density at radius 3 is 2.62 bits per heavy atom. The molecule has 13 heavy (non-hydrogen) atoms. The predicted octanol–water partition coefficient (Wildman–Crippen LogP) is 3.12. The van der Waals surface area contributed by atoms with Gasteiger partial charge in [-0.3, -0.25) is 0 Å². The van der Waals surface area contributed by atoms with E-state index in [9.17, 15) is 8.78 Å². The molecule has 0 saturated carbocycles. The summed E-state index contributed by atoms with van der Waals surface area (Å²) in [6.45, 7) is -2.72. The minimum Gasteiger partial charge on any atom is -0.323 e. The van der Waals surface area contributed by atoms with Crippen LogP contribution in [0, 0.1) is 0 Å². The SMILES string of the molecule is FC(F)OCCc1ccccc1Cl. The molecule has 0 heterocycles. The van der Waals surface area contributed by atoms with Gasteiger partial charge in [-0.25, -0.2) is 0 Å². The third-order valence-electron chi connectivity index (χ3n) is 1.57. The maximum Gasteiger partial charge on any atom is 0.345 e. The number of benzene rings is 1. The Labute approximate surface area is 80.3 Å². The molecule has 0 aromatic heterocycles. The topological polar surface area (TPSA) is 9.23 Å². The first-order chi connectivity index (χ1) is 6.20. The van der Waals surface area contributed by atoms with Crippen molar-refractivity contribution in [1.29, 1.82) is 0 Å². The van der Waals surface area contributed by atoms with E-state index in [1.807, 2.05) is 6.07 Å². The summed E-state index contributed by atoms with van der Waals surface area (Å²) >= 11 is 5.80. The van der Waals surface area contributed by atoms with E-state index in [0.29, 0.717) is 11.4 Å². The minimum atomic E-state index is -2.71. The molecule has 1 aromatic carbocycles. The monoisotopic (exact) mass is 206 g/mol. The quantitative estimate of drug-likeness (QED) is 0.736. The van der Waals surface area contributed by atoms with Gasteiger partial charge in [-0.2, -0.15) is 8.78 Å². The normalized spacial score (nSPS) is 10.8. The van der Waals surface area contributed by atoms with Crippen LogP contribution in [0.5, 0.6) is 0 Å². The fraction of sp³-hybridized carbons (Fsp3) is 0.333. The van der Waals surface area contributed by atoms with Crippen LogP contribution in [-0.4, -0.2) is 13.2 Å². The zero-order valence-corrected chi connectivity index (χ0v) is 7.60. The van der Waals surface area contributed by atoms with Crippen molar-refractivity contribution in [2.24, 2.45) is 0 Å². The van der Waals surface area contributed by atoms with E-state index in [-0.39, 0.29) is 6.61 Å². The average Bonchev–Trinajstić information content (AvgIpc) is 2.08. The second-order valence-electron chi connectivity index (χ2n) is 2.47. The number of hydrogen-bond acceptors (Lipinski definition) is 1. The highest BCUT2D eigenvalue weighted by Crippen LogP contribution is 2.15. The number of alkyl halides is 2. The Kier molecular flexibility index (Phi) is 4.12. The van der Waals surface area contributed by atoms with Crippen molar-refractivity contribution < 1.29 is 13.5 Å². The standard InChI is InChI=1S/C9H9ClF2O/c10-8-4-2-1-3-7(8)5-6-13-9(11)12/h1-4,9H,5-6H2. The average molecular weight is 207 g/mol. The van der Waals surface area contributed by atoms with Gasteiger partial charge in [0.1, 0.15) is 0 Å². The Morgan fingerprint density at radius 1 is 1.31 bits per heavy atom. The summed E-state index contributed by atoms with van der Waals surface area (Å²) in [5.74, 6) is 0. The molecule has 0 aliphatic carbocycles. The van der Waals surface area contributed by atoms with Gasteiger partial charge in [0, 0.05) is 5.02 Å². The highest BCUT2D eigenvalue weighted by atomic mass is 35.5. The minimum absolute atomic E-state index is 0.0125. The summed E-state index contributed by atoms with van der Waals surface area (Å²) in [6.07, 6.45) is 0.407. The van der Waals surface area contributed by atoms with Gasteiger partial charge in [-0.05, 0) is 18.1 Å². The third kappa shape index (κ3) is 3.70. The first kappa shape index (κ1) is 10.4. The summed E-state index contributed by atoms with van der Waals surface area (Å²) in [6, 6.07) is 7.11. The molecule has 1 nitrogen and oxygen atoms in total. The first-order valence-electron chi connectivity index (χ1n) is 3.83. The number of hydrogen-bond donors (Lipinski definition) is 0. The molecule has 0 radical (unpaired) electrons. The zero-order chi connectivity index (χ0) is 9.68. The maximum atomic E-state index is 11.6. The summed E-state index contributed by atoms with van der Waals surface area (Å²) in [5, 5.41) is 0.584. The van der Waals surface area contributed by atoms with Crippen molar-refractivity contribution >= 4 is 11.6 Å². The van der Waals surface area contributed by atoms with E-state index in [2.05, 4.69) is 4.74 Å². The smallest absolute Gasteiger partial charge is 0.323 e. The Bertz CT molecular complexity index is 266. The molecule has 0 aliphatic heterocycles. The second kappa shape index (κ2) is 5.14. The molecule has 0 atom stereocenters. The lowest BCUT2D eigenvalue weighted by Crippen LogP contribution is -2.03. The predicted molar refractivity (Wildman–Crippen MR) is 47.1 cm³/mol. The number of ether oxygens (including phenoxy) is 1.